The Morgan fingerprint density at radius 3 is 3.05 bits per heavy atom. The van der Waals surface area contributed by atoms with E-state index in [9.17, 15) is 9.59 Å². The van der Waals surface area contributed by atoms with Gasteiger partial charge in [0.15, 0.2) is 0 Å². The zero-order valence-electron chi connectivity index (χ0n) is 11.7. The molecule has 5 heteroatoms. The van der Waals surface area contributed by atoms with E-state index in [1.807, 2.05) is 25.2 Å². The van der Waals surface area contributed by atoms with Crippen molar-refractivity contribution in [1.29, 1.82) is 0 Å². The topological polar surface area (TPSA) is 58.6 Å². The van der Waals surface area contributed by atoms with E-state index in [0.717, 1.165) is 12.1 Å². The van der Waals surface area contributed by atoms with Crippen LogP contribution in [-0.2, 0) is 27.3 Å². The van der Waals surface area contributed by atoms with Gasteiger partial charge in [-0.15, -0.1) is 0 Å². The minimum absolute atomic E-state index is 0.0726. The predicted octanol–water partition coefficient (Wildman–Crippen LogP) is 0.777. The van der Waals surface area contributed by atoms with Crippen LogP contribution in [0, 0.1) is 0 Å². The third-order valence-corrected chi connectivity index (χ3v) is 4.20. The van der Waals surface area contributed by atoms with Gasteiger partial charge >= 0.3 is 5.97 Å². The monoisotopic (exact) mass is 274 g/mol. The maximum Gasteiger partial charge on any atom is 0.309 e. The Morgan fingerprint density at radius 1 is 1.50 bits per heavy atom. The standard InChI is InChI=1S/C15H18N2O3/c1-17-8-10-5-9(6-14(19)20-2)3-4-11(10)15-12(17)7-13(18)16-15/h3-5,12,15H,6-8H2,1-2H3,(H,16,18)/t12-,15-/m1/s1. The molecule has 0 radical (unpaired) electrons. The van der Waals surface area contributed by atoms with E-state index in [4.69, 9.17) is 4.74 Å². The second-order valence-corrected chi connectivity index (χ2v) is 5.52. The van der Waals surface area contributed by atoms with Crippen LogP contribution in [0.2, 0.25) is 0 Å². The molecule has 0 unspecified atom stereocenters. The van der Waals surface area contributed by atoms with E-state index in [0.29, 0.717) is 6.42 Å². The second kappa shape index (κ2) is 4.90. The molecule has 1 saturated heterocycles. The molecule has 2 aliphatic heterocycles. The summed E-state index contributed by atoms with van der Waals surface area (Å²) < 4.78 is 4.70. The third-order valence-electron chi connectivity index (χ3n) is 4.20. The van der Waals surface area contributed by atoms with Gasteiger partial charge in [0.1, 0.15) is 0 Å². The first-order chi connectivity index (χ1) is 9.58. The average molecular weight is 274 g/mol. The summed E-state index contributed by atoms with van der Waals surface area (Å²) >= 11 is 0. The maximum atomic E-state index is 11.6. The first kappa shape index (κ1) is 13.1. The Balaban J connectivity index is 1.91. The highest BCUT2D eigenvalue weighted by atomic mass is 16.5. The quantitative estimate of drug-likeness (QED) is 0.810. The van der Waals surface area contributed by atoms with Crippen molar-refractivity contribution < 1.29 is 14.3 Å². The molecule has 106 valence electrons. The molecule has 2 atom stereocenters. The van der Waals surface area contributed by atoms with Crippen LogP contribution in [0.1, 0.15) is 29.2 Å². The van der Waals surface area contributed by atoms with Gasteiger partial charge in [0.25, 0.3) is 0 Å². The van der Waals surface area contributed by atoms with Crippen LogP contribution in [0.4, 0.5) is 0 Å². The molecular formula is C15H18N2O3. The lowest BCUT2D eigenvalue weighted by molar-refractivity contribution is -0.139. The molecule has 20 heavy (non-hydrogen) atoms. The first-order valence-corrected chi connectivity index (χ1v) is 6.76. The van der Waals surface area contributed by atoms with Gasteiger partial charge in [-0.3, -0.25) is 14.5 Å². The molecule has 1 N–H and O–H groups in total. The number of nitrogens with one attached hydrogen (secondary N) is 1. The van der Waals surface area contributed by atoms with Crippen molar-refractivity contribution in [2.45, 2.75) is 31.5 Å². The number of ether oxygens (including phenoxy) is 1. The average Bonchev–Trinajstić information content (AvgIpc) is 2.81. The maximum absolute atomic E-state index is 11.6. The summed E-state index contributed by atoms with van der Waals surface area (Å²) in [5.41, 5.74) is 3.30. The van der Waals surface area contributed by atoms with Crippen molar-refractivity contribution in [3.63, 3.8) is 0 Å². The second-order valence-electron chi connectivity index (χ2n) is 5.52. The van der Waals surface area contributed by atoms with Crippen molar-refractivity contribution in [1.82, 2.24) is 10.2 Å². The van der Waals surface area contributed by atoms with Gasteiger partial charge in [0.2, 0.25) is 5.91 Å². The van der Waals surface area contributed by atoms with Crippen molar-refractivity contribution >= 4 is 11.9 Å². The van der Waals surface area contributed by atoms with Gasteiger partial charge < -0.3 is 10.1 Å². The summed E-state index contributed by atoms with van der Waals surface area (Å²) in [7, 11) is 3.43. The number of likely N-dealkylation sites (N-methyl/N-ethyl adjacent to an activating group) is 1. The molecule has 0 aromatic heterocycles. The van der Waals surface area contributed by atoms with E-state index in [-0.39, 0.29) is 30.4 Å². The van der Waals surface area contributed by atoms with Crippen molar-refractivity contribution in [2.24, 2.45) is 0 Å². The van der Waals surface area contributed by atoms with E-state index in [1.54, 1.807) is 0 Å². The van der Waals surface area contributed by atoms with E-state index in [2.05, 4.69) is 10.2 Å². The predicted molar refractivity (Wildman–Crippen MR) is 72.9 cm³/mol. The zero-order valence-corrected chi connectivity index (χ0v) is 11.7. The molecule has 3 rings (SSSR count). The molecule has 1 aromatic rings. The number of hydrogen-bond donors (Lipinski definition) is 1. The largest absolute Gasteiger partial charge is 0.469 e. The fourth-order valence-corrected chi connectivity index (χ4v) is 3.17. The summed E-state index contributed by atoms with van der Waals surface area (Å²) in [6, 6.07) is 6.33. The van der Waals surface area contributed by atoms with Gasteiger partial charge in [-0.1, -0.05) is 18.2 Å². The van der Waals surface area contributed by atoms with Gasteiger partial charge in [0, 0.05) is 19.0 Å². The summed E-state index contributed by atoms with van der Waals surface area (Å²) in [5, 5.41) is 3.04. The molecule has 5 nitrogen and oxygen atoms in total. The van der Waals surface area contributed by atoms with Crippen LogP contribution in [-0.4, -0.2) is 37.0 Å². The van der Waals surface area contributed by atoms with Gasteiger partial charge in [-0.25, -0.2) is 0 Å². The lowest BCUT2D eigenvalue weighted by Gasteiger charge is -2.35. The Bertz CT molecular complexity index is 570. The molecule has 0 aliphatic carbocycles. The normalized spacial score (nSPS) is 24.8. The van der Waals surface area contributed by atoms with E-state index < -0.39 is 0 Å². The summed E-state index contributed by atoms with van der Waals surface area (Å²) in [6.45, 7) is 0.806. The molecule has 1 aromatic carbocycles. The number of carbonyl (C=O) groups excluding carboxylic acids is 2. The summed E-state index contributed by atoms with van der Waals surface area (Å²) in [4.78, 5) is 25.2. The highest BCUT2D eigenvalue weighted by Crippen LogP contribution is 2.36. The highest BCUT2D eigenvalue weighted by Gasteiger charge is 2.40. The number of benzene rings is 1. The number of nitrogens with zero attached hydrogens (tertiary/aromatic N) is 1. The number of hydrogen-bond acceptors (Lipinski definition) is 4. The number of rotatable bonds is 2. The minimum atomic E-state index is -0.235. The summed E-state index contributed by atoms with van der Waals surface area (Å²) in [5.74, 6) is -0.125. The fourth-order valence-electron chi connectivity index (χ4n) is 3.17. The third kappa shape index (κ3) is 2.18. The molecule has 2 heterocycles. The Morgan fingerprint density at radius 2 is 2.30 bits per heavy atom. The van der Waals surface area contributed by atoms with Crippen molar-refractivity contribution in [2.75, 3.05) is 14.2 Å². The van der Waals surface area contributed by atoms with Crippen molar-refractivity contribution in [3.05, 3.63) is 34.9 Å². The molecule has 0 saturated carbocycles. The Labute approximate surface area is 117 Å². The Hall–Kier alpha value is -1.88. The highest BCUT2D eigenvalue weighted by molar-refractivity contribution is 5.80. The number of methoxy groups -OCH3 is 1. The molecule has 0 bridgehead atoms. The fraction of sp³-hybridized carbons (Fsp3) is 0.467. The smallest absolute Gasteiger partial charge is 0.309 e. The van der Waals surface area contributed by atoms with Crippen LogP contribution >= 0.6 is 0 Å². The first-order valence-electron chi connectivity index (χ1n) is 6.76. The number of amides is 1. The van der Waals surface area contributed by atoms with Crippen LogP contribution in [0.15, 0.2) is 18.2 Å². The van der Waals surface area contributed by atoms with Crippen molar-refractivity contribution in [3.8, 4) is 0 Å². The molecule has 1 fully saturated rings. The van der Waals surface area contributed by atoms with Gasteiger partial charge in [0.05, 0.1) is 19.6 Å². The van der Waals surface area contributed by atoms with E-state index >= 15 is 0 Å². The van der Waals surface area contributed by atoms with Gasteiger partial charge in [-0.2, -0.15) is 0 Å². The Kier molecular flexibility index (Phi) is 3.22. The van der Waals surface area contributed by atoms with Crippen LogP contribution < -0.4 is 5.32 Å². The van der Waals surface area contributed by atoms with Crippen LogP contribution in [0.3, 0.4) is 0 Å². The van der Waals surface area contributed by atoms with Crippen LogP contribution in [0.25, 0.3) is 0 Å². The number of fused-ring (bicyclic) bond motifs is 3. The molecule has 2 aliphatic rings. The molecule has 1 amide bonds. The lowest BCUT2D eigenvalue weighted by Crippen LogP contribution is -2.40. The summed E-state index contributed by atoms with van der Waals surface area (Å²) in [6.07, 6.45) is 0.846. The SMILES string of the molecule is COC(=O)Cc1ccc2c(c1)CN(C)[C@@H]1CC(=O)N[C@H]21. The molecule has 0 spiro atoms. The number of carbonyl (C=O) groups is 2. The van der Waals surface area contributed by atoms with Gasteiger partial charge in [-0.05, 0) is 23.7 Å². The number of esters is 1. The lowest BCUT2D eigenvalue weighted by atomic mass is 9.89. The minimum Gasteiger partial charge on any atom is -0.469 e. The van der Waals surface area contributed by atoms with Crippen LogP contribution in [0.5, 0.6) is 0 Å². The van der Waals surface area contributed by atoms with E-state index in [1.165, 1.54) is 18.2 Å². The zero-order chi connectivity index (χ0) is 14.3. The molecular weight excluding hydrogens is 256 g/mol.